The van der Waals surface area contributed by atoms with Gasteiger partial charge < -0.3 is 14.6 Å². The van der Waals surface area contributed by atoms with Gasteiger partial charge in [0.2, 0.25) is 0 Å². The summed E-state index contributed by atoms with van der Waals surface area (Å²) >= 11 is 0. The number of ether oxygens (including phenoxy) is 2. The van der Waals surface area contributed by atoms with E-state index in [-0.39, 0.29) is 0 Å². The molecule has 0 saturated heterocycles. The summed E-state index contributed by atoms with van der Waals surface area (Å²) in [6.07, 6.45) is 0. The Bertz CT molecular complexity index is 475. The predicted octanol–water partition coefficient (Wildman–Crippen LogP) is 2.68. The number of carboxylic acid groups (broad SMARTS) is 1. The van der Waals surface area contributed by atoms with Gasteiger partial charge in [-0.25, -0.2) is 0 Å². The molecule has 0 aliphatic carbocycles. The highest BCUT2D eigenvalue weighted by Crippen LogP contribution is 2.40. The van der Waals surface area contributed by atoms with Crippen LogP contribution >= 0.6 is 0 Å². The van der Waals surface area contributed by atoms with Gasteiger partial charge in [0.05, 0.1) is 19.6 Å². The van der Waals surface area contributed by atoms with E-state index in [1.54, 1.807) is 34.1 Å². The van der Waals surface area contributed by atoms with Crippen LogP contribution in [0.2, 0.25) is 0 Å². The maximum absolute atomic E-state index is 11.4. The van der Waals surface area contributed by atoms with Crippen LogP contribution in [0.5, 0.6) is 11.5 Å². The topological polar surface area (TPSA) is 55.8 Å². The molecule has 0 fully saturated rings. The lowest BCUT2D eigenvalue weighted by Crippen LogP contribution is -2.29. The van der Waals surface area contributed by atoms with Crippen LogP contribution in [-0.4, -0.2) is 25.3 Å². The van der Waals surface area contributed by atoms with Crippen molar-refractivity contribution in [3.8, 4) is 11.5 Å². The minimum atomic E-state index is -1.03. The van der Waals surface area contributed by atoms with Crippen LogP contribution in [0.15, 0.2) is 6.07 Å². The molecule has 4 nitrogen and oxygen atoms in total. The summed E-state index contributed by atoms with van der Waals surface area (Å²) in [4.78, 5) is 11.4. The lowest BCUT2D eigenvalue weighted by molar-refractivity contribution is -0.142. The summed E-state index contributed by atoms with van der Waals surface area (Å²) in [5.74, 6) is 0.393. The quantitative estimate of drug-likeness (QED) is 0.895. The van der Waals surface area contributed by atoms with E-state index in [9.17, 15) is 9.90 Å². The zero-order valence-corrected chi connectivity index (χ0v) is 11.7. The number of carboxylic acids is 1. The van der Waals surface area contributed by atoms with Crippen LogP contribution in [0.4, 0.5) is 0 Å². The Balaban J connectivity index is 3.62. The third-order valence-electron chi connectivity index (χ3n) is 3.42. The molecule has 0 aliphatic rings. The van der Waals surface area contributed by atoms with Gasteiger partial charge >= 0.3 is 5.97 Å². The molecule has 0 aliphatic heterocycles. The molecule has 0 aromatic heterocycles. The highest BCUT2D eigenvalue weighted by atomic mass is 16.5. The van der Waals surface area contributed by atoms with Crippen molar-refractivity contribution in [2.24, 2.45) is 0 Å². The maximum atomic E-state index is 11.4. The van der Waals surface area contributed by atoms with E-state index in [2.05, 4.69) is 0 Å². The van der Waals surface area contributed by atoms with Gasteiger partial charge in [-0.3, -0.25) is 4.79 Å². The third-order valence-corrected chi connectivity index (χ3v) is 3.42. The predicted molar refractivity (Wildman–Crippen MR) is 69.7 cm³/mol. The first-order chi connectivity index (χ1) is 8.27. The van der Waals surface area contributed by atoms with Gasteiger partial charge in [0.15, 0.2) is 0 Å². The third kappa shape index (κ3) is 2.15. The Hall–Kier alpha value is -1.71. The summed E-state index contributed by atoms with van der Waals surface area (Å²) in [5.41, 5.74) is 1.45. The molecular weight excluding hydrogens is 232 g/mol. The SMILES string of the molecule is COc1cc(C(C)(C)C(=O)O)c(OC)c(C)c1C. The summed E-state index contributed by atoms with van der Waals surface area (Å²) in [6.45, 7) is 7.13. The molecule has 18 heavy (non-hydrogen) atoms. The Labute approximate surface area is 108 Å². The number of aliphatic carboxylic acids is 1. The number of methoxy groups -OCH3 is 2. The molecule has 0 atom stereocenters. The Morgan fingerprint density at radius 2 is 1.72 bits per heavy atom. The van der Waals surface area contributed by atoms with Crippen molar-refractivity contribution in [1.82, 2.24) is 0 Å². The fraction of sp³-hybridized carbons (Fsp3) is 0.500. The summed E-state index contributed by atoms with van der Waals surface area (Å²) < 4.78 is 10.7. The van der Waals surface area contributed by atoms with E-state index in [0.717, 1.165) is 11.1 Å². The van der Waals surface area contributed by atoms with Gasteiger partial charge in [0, 0.05) is 5.56 Å². The summed E-state index contributed by atoms with van der Waals surface area (Å²) in [5, 5.41) is 9.34. The molecule has 0 unspecified atom stereocenters. The Kier molecular flexibility index (Phi) is 3.89. The Morgan fingerprint density at radius 3 is 2.11 bits per heavy atom. The van der Waals surface area contributed by atoms with Crippen molar-refractivity contribution in [2.75, 3.05) is 14.2 Å². The normalized spacial score (nSPS) is 11.2. The minimum absolute atomic E-state index is 0.612. The summed E-state index contributed by atoms with van der Waals surface area (Å²) in [7, 11) is 3.13. The fourth-order valence-electron chi connectivity index (χ4n) is 1.92. The second-order valence-electron chi connectivity index (χ2n) is 4.84. The molecule has 1 rings (SSSR count). The van der Waals surface area contributed by atoms with Gasteiger partial charge in [-0.05, 0) is 44.9 Å². The van der Waals surface area contributed by atoms with Gasteiger partial charge in [-0.15, -0.1) is 0 Å². The van der Waals surface area contributed by atoms with Crippen LogP contribution in [0.1, 0.15) is 30.5 Å². The van der Waals surface area contributed by atoms with Crippen molar-refractivity contribution in [2.45, 2.75) is 33.1 Å². The van der Waals surface area contributed by atoms with E-state index in [4.69, 9.17) is 9.47 Å². The van der Waals surface area contributed by atoms with Gasteiger partial charge in [0.1, 0.15) is 11.5 Å². The van der Waals surface area contributed by atoms with Crippen molar-refractivity contribution in [1.29, 1.82) is 0 Å². The van der Waals surface area contributed by atoms with Gasteiger partial charge in [-0.1, -0.05) is 0 Å². The van der Waals surface area contributed by atoms with Crippen LogP contribution in [0, 0.1) is 13.8 Å². The van der Waals surface area contributed by atoms with Crippen molar-refractivity contribution < 1.29 is 19.4 Å². The lowest BCUT2D eigenvalue weighted by atomic mass is 9.82. The van der Waals surface area contributed by atoms with Crippen molar-refractivity contribution in [3.05, 3.63) is 22.8 Å². The molecule has 0 radical (unpaired) electrons. The minimum Gasteiger partial charge on any atom is -0.496 e. The molecule has 4 heteroatoms. The maximum Gasteiger partial charge on any atom is 0.313 e. The molecule has 100 valence electrons. The lowest BCUT2D eigenvalue weighted by Gasteiger charge is -2.25. The molecule has 0 spiro atoms. The standard InChI is InChI=1S/C14H20O4/c1-8-9(2)12(18-6)10(7-11(8)17-5)14(3,4)13(15)16/h7H,1-6H3,(H,15,16). The van der Waals surface area contributed by atoms with Crippen LogP contribution in [0.3, 0.4) is 0 Å². The molecular formula is C14H20O4. The van der Waals surface area contributed by atoms with E-state index in [0.29, 0.717) is 17.1 Å². The first kappa shape index (κ1) is 14.4. The van der Waals surface area contributed by atoms with Crippen LogP contribution in [-0.2, 0) is 10.2 Å². The van der Waals surface area contributed by atoms with E-state index < -0.39 is 11.4 Å². The summed E-state index contributed by atoms with van der Waals surface area (Å²) in [6, 6.07) is 1.75. The molecule has 1 aromatic carbocycles. The number of hydrogen-bond donors (Lipinski definition) is 1. The zero-order valence-electron chi connectivity index (χ0n) is 11.7. The van der Waals surface area contributed by atoms with E-state index in [1.165, 1.54) is 0 Å². The van der Waals surface area contributed by atoms with Gasteiger partial charge in [0.25, 0.3) is 0 Å². The first-order valence-corrected chi connectivity index (χ1v) is 5.73. The molecule has 0 heterocycles. The molecule has 0 amide bonds. The highest BCUT2D eigenvalue weighted by Gasteiger charge is 2.34. The number of benzene rings is 1. The molecule has 0 saturated carbocycles. The molecule has 1 N–H and O–H groups in total. The number of rotatable bonds is 4. The van der Waals surface area contributed by atoms with E-state index >= 15 is 0 Å². The fourth-order valence-corrected chi connectivity index (χ4v) is 1.92. The van der Waals surface area contributed by atoms with Crippen LogP contribution < -0.4 is 9.47 Å². The second kappa shape index (κ2) is 4.88. The average molecular weight is 252 g/mol. The van der Waals surface area contributed by atoms with Crippen LogP contribution in [0.25, 0.3) is 0 Å². The smallest absolute Gasteiger partial charge is 0.313 e. The number of hydrogen-bond acceptors (Lipinski definition) is 3. The first-order valence-electron chi connectivity index (χ1n) is 5.73. The average Bonchev–Trinajstić information content (AvgIpc) is 2.31. The number of carbonyl (C=O) groups is 1. The molecule has 0 bridgehead atoms. The molecule has 1 aromatic rings. The van der Waals surface area contributed by atoms with Crippen molar-refractivity contribution >= 4 is 5.97 Å². The largest absolute Gasteiger partial charge is 0.496 e. The van der Waals surface area contributed by atoms with E-state index in [1.807, 2.05) is 13.8 Å². The highest BCUT2D eigenvalue weighted by molar-refractivity contribution is 5.82. The second-order valence-corrected chi connectivity index (χ2v) is 4.84. The Morgan fingerprint density at radius 1 is 1.17 bits per heavy atom. The monoisotopic (exact) mass is 252 g/mol. The zero-order chi connectivity index (χ0) is 14.1. The van der Waals surface area contributed by atoms with Crippen molar-refractivity contribution in [3.63, 3.8) is 0 Å². The van der Waals surface area contributed by atoms with Gasteiger partial charge in [-0.2, -0.15) is 0 Å².